The van der Waals surface area contributed by atoms with Crippen LogP contribution in [0.4, 0.5) is 0 Å². The number of rotatable bonds is 5. The molecule has 7 heteroatoms. The van der Waals surface area contributed by atoms with Gasteiger partial charge >= 0.3 is 11.9 Å². The molecule has 0 unspecified atom stereocenters. The first-order valence-electron chi connectivity index (χ1n) is 8.17. The van der Waals surface area contributed by atoms with E-state index in [4.69, 9.17) is 4.74 Å². The lowest BCUT2D eigenvalue weighted by Crippen LogP contribution is -2.43. The van der Waals surface area contributed by atoms with Crippen LogP contribution in [0.2, 0.25) is 0 Å². The van der Waals surface area contributed by atoms with Gasteiger partial charge in [0, 0.05) is 32.0 Å². The van der Waals surface area contributed by atoms with E-state index in [0.29, 0.717) is 37.4 Å². The van der Waals surface area contributed by atoms with Crippen molar-refractivity contribution in [2.75, 3.05) is 19.7 Å². The molecule has 0 aliphatic carbocycles. The van der Waals surface area contributed by atoms with Gasteiger partial charge in [-0.25, -0.2) is 4.79 Å². The lowest BCUT2D eigenvalue weighted by atomic mass is 9.97. The molecule has 1 aromatic heterocycles. The highest BCUT2D eigenvalue weighted by molar-refractivity contribution is 5.93. The number of carbonyl (C=O) groups is 3. The van der Waals surface area contributed by atoms with Gasteiger partial charge in [-0.05, 0) is 32.3 Å². The van der Waals surface area contributed by atoms with Crippen molar-refractivity contribution in [2.24, 2.45) is 13.0 Å². The van der Waals surface area contributed by atoms with Crippen LogP contribution in [0.25, 0.3) is 0 Å². The molecule has 1 amide bonds. The number of hydrogen-bond donors (Lipinski definition) is 1. The molecule has 1 aromatic rings. The number of likely N-dealkylation sites (tertiary alicyclic amines) is 1. The average Bonchev–Trinajstić information content (AvgIpc) is 2.81. The van der Waals surface area contributed by atoms with E-state index in [-0.39, 0.29) is 29.8 Å². The standard InChI is InChI=1S/C17H24N2O5/c1-4-24-17(23)12-6-5-7-19(10-12)14(20)8-13-15(16(21)22)11(2)9-18(13)3/h9,12H,4-8,10H2,1-3H3,(H,21,22)/t12-/m1/s1. The Morgan fingerprint density at radius 3 is 2.71 bits per heavy atom. The monoisotopic (exact) mass is 336 g/mol. The quantitative estimate of drug-likeness (QED) is 0.821. The van der Waals surface area contributed by atoms with Crippen molar-refractivity contribution in [3.63, 3.8) is 0 Å². The molecule has 2 heterocycles. The van der Waals surface area contributed by atoms with Gasteiger partial charge in [-0.1, -0.05) is 0 Å². The highest BCUT2D eigenvalue weighted by Gasteiger charge is 2.30. The molecule has 0 bridgehead atoms. The third-order valence-electron chi connectivity index (χ3n) is 4.42. The molecule has 132 valence electrons. The van der Waals surface area contributed by atoms with Crippen LogP contribution in [0.3, 0.4) is 0 Å². The maximum Gasteiger partial charge on any atom is 0.337 e. The van der Waals surface area contributed by atoms with Crippen LogP contribution in [0.1, 0.15) is 41.4 Å². The Morgan fingerprint density at radius 1 is 1.38 bits per heavy atom. The molecule has 1 N–H and O–H groups in total. The number of aromatic nitrogens is 1. The van der Waals surface area contributed by atoms with Crippen LogP contribution in [-0.2, 0) is 27.8 Å². The molecule has 7 nitrogen and oxygen atoms in total. The number of carboxylic acids is 1. The predicted octanol–water partition coefficient (Wildman–Crippen LogP) is 1.38. The number of piperidine rings is 1. The van der Waals surface area contributed by atoms with Gasteiger partial charge in [0.15, 0.2) is 0 Å². The molecule has 1 atom stereocenters. The Hall–Kier alpha value is -2.31. The summed E-state index contributed by atoms with van der Waals surface area (Å²) in [6, 6.07) is 0. The summed E-state index contributed by atoms with van der Waals surface area (Å²) in [6.45, 7) is 4.72. The smallest absolute Gasteiger partial charge is 0.337 e. The largest absolute Gasteiger partial charge is 0.478 e. The van der Waals surface area contributed by atoms with E-state index in [0.717, 1.165) is 6.42 Å². The van der Waals surface area contributed by atoms with E-state index in [1.54, 1.807) is 36.6 Å². The fraction of sp³-hybridized carbons (Fsp3) is 0.588. The second kappa shape index (κ2) is 7.51. The van der Waals surface area contributed by atoms with Gasteiger partial charge in [0.25, 0.3) is 0 Å². The number of hydrogen-bond acceptors (Lipinski definition) is 4. The Bertz CT molecular complexity index is 650. The number of amides is 1. The molecule has 1 saturated heterocycles. The van der Waals surface area contributed by atoms with Gasteiger partial charge < -0.3 is 19.3 Å². The molecule has 0 saturated carbocycles. The molecule has 1 aliphatic heterocycles. The lowest BCUT2D eigenvalue weighted by molar-refractivity contribution is -0.151. The predicted molar refractivity (Wildman–Crippen MR) is 86.8 cm³/mol. The van der Waals surface area contributed by atoms with Crippen molar-refractivity contribution in [1.82, 2.24) is 9.47 Å². The maximum absolute atomic E-state index is 12.6. The minimum absolute atomic E-state index is 0.0154. The molecule has 2 rings (SSSR count). The first kappa shape index (κ1) is 18.0. The molecule has 1 fully saturated rings. The Kier molecular flexibility index (Phi) is 5.64. The van der Waals surface area contributed by atoms with Crippen LogP contribution in [-0.4, -0.2) is 52.1 Å². The van der Waals surface area contributed by atoms with Gasteiger partial charge in [-0.2, -0.15) is 0 Å². The highest BCUT2D eigenvalue weighted by atomic mass is 16.5. The number of esters is 1. The van der Waals surface area contributed by atoms with Crippen LogP contribution in [0, 0.1) is 12.8 Å². The summed E-state index contributed by atoms with van der Waals surface area (Å²) in [7, 11) is 1.74. The number of nitrogens with zero attached hydrogens (tertiary/aromatic N) is 2. The topological polar surface area (TPSA) is 88.8 Å². The zero-order valence-corrected chi connectivity index (χ0v) is 14.4. The molecule has 24 heavy (non-hydrogen) atoms. The molecule has 0 aromatic carbocycles. The zero-order chi connectivity index (χ0) is 17.9. The summed E-state index contributed by atoms with van der Waals surface area (Å²) >= 11 is 0. The first-order valence-corrected chi connectivity index (χ1v) is 8.17. The highest BCUT2D eigenvalue weighted by Crippen LogP contribution is 2.21. The third-order valence-corrected chi connectivity index (χ3v) is 4.42. The van der Waals surface area contributed by atoms with Crippen molar-refractivity contribution in [3.05, 3.63) is 23.0 Å². The first-order chi connectivity index (χ1) is 11.3. The SMILES string of the molecule is CCOC(=O)[C@@H]1CCCN(C(=O)Cc2c(C(=O)O)c(C)cn2C)C1. The minimum atomic E-state index is -1.03. The molecule has 1 aliphatic rings. The van der Waals surface area contributed by atoms with Crippen molar-refractivity contribution in [1.29, 1.82) is 0 Å². The second-order valence-corrected chi connectivity index (χ2v) is 6.16. The number of ether oxygens (including phenoxy) is 1. The lowest BCUT2D eigenvalue weighted by Gasteiger charge is -2.31. The van der Waals surface area contributed by atoms with E-state index in [1.807, 2.05) is 0 Å². The van der Waals surface area contributed by atoms with Gasteiger partial charge in [0.05, 0.1) is 24.5 Å². The van der Waals surface area contributed by atoms with Crippen LogP contribution in [0.15, 0.2) is 6.20 Å². The van der Waals surface area contributed by atoms with Gasteiger partial charge in [0.1, 0.15) is 0 Å². The summed E-state index contributed by atoms with van der Waals surface area (Å²) in [6.07, 6.45) is 3.19. The van der Waals surface area contributed by atoms with Gasteiger partial charge in [-0.15, -0.1) is 0 Å². The number of aryl methyl sites for hydroxylation is 2. The van der Waals surface area contributed by atoms with Crippen LogP contribution >= 0.6 is 0 Å². The van der Waals surface area contributed by atoms with Crippen molar-refractivity contribution >= 4 is 17.8 Å². The van der Waals surface area contributed by atoms with Crippen LogP contribution < -0.4 is 0 Å². The van der Waals surface area contributed by atoms with Gasteiger partial charge in [-0.3, -0.25) is 9.59 Å². The molecule has 0 radical (unpaired) electrons. The van der Waals surface area contributed by atoms with Crippen molar-refractivity contribution in [2.45, 2.75) is 33.1 Å². The van der Waals surface area contributed by atoms with E-state index in [9.17, 15) is 19.5 Å². The fourth-order valence-electron chi connectivity index (χ4n) is 3.25. The molecular weight excluding hydrogens is 312 g/mol. The van der Waals surface area contributed by atoms with E-state index < -0.39 is 5.97 Å². The summed E-state index contributed by atoms with van der Waals surface area (Å²) in [5, 5.41) is 9.36. The van der Waals surface area contributed by atoms with E-state index in [2.05, 4.69) is 0 Å². The number of carboxylic acid groups (broad SMARTS) is 1. The zero-order valence-electron chi connectivity index (χ0n) is 14.4. The second-order valence-electron chi connectivity index (χ2n) is 6.16. The van der Waals surface area contributed by atoms with E-state index >= 15 is 0 Å². The Balaban J connectivity index is 2.10. The maximum atomic E-state index is 12.6. The normalized spacial score (nSPS) is 17.6. The summed E-state index contributed by atoms with van der Waals surface area (Å²) in [5.41, 5.74) is 1.31. The number of carbonyl (C=O) groups excluding carboxylic acids is 2. The minimum Gasteiger partial charge on any atom is -0.478 e. The van der Waals surface area contributed by atoms with Crippen molar-refractivity contribution < 1.29 is 24.2 Å². The fourth-order valence-corrected chi connectivity index (χ4v) is 3.25. The summed E-state index contributed by atoms with van der Waals surface area (Å²) in [4.78, 5) is 37.5. The number of aromatic carboxylic acids is 1. The summed E-state index contributed by atoms with van der Waals surface area (Å²) in [5.74, 6) is -1.75. The van der Waals surface area contributed by atoms with E-state index in [1.165, 1.54) is 0 Å². The molecule has 0 spiro atoms. The third kappa shape index (κ3) is 3.77. The van der Waals surface area contributed by atoms with Crippen LogP contribution in [0.5, 0.6) is 0 Å². The van der Waals surface area contributed by atoms with Gasteiger partial charge in [0.2, 0.25) is 5.91 Å². The van der Waals surface area contributed by atoms with Crippen molar-refractivity contribution in [3.8, 4) is 0 Å². The Labute approximate surface area is 141 Å². The summed E-state index contributed by atoms with van der Waals surface area (Å²) < 4.78 is 6.73. The Morgan fingerprint density at radius 2 is 2.08 bits per heavy atom. The average molecular weight is 336 g/mol. The molecular formula is C17H24N2O5.